The number of aromatic carboxylic acids is 1. The molecule has 0 radical (unpaired) electrons. The Labute approximate surface area is 101 Å². The second kappa shape index (κ2) is 5.13. The van der Waals surface area contributed by atoms with Gasteiger partial charge in [0.15, 0.2) is 5.75 Å². The number of nitro groups is 1. The highest BCUT2D eigenvalue weighted by Crippen LogP contribution is 2.30. The molecule has 0 atom stereocenters. The topological polar surface area (TPSA) is 127 Å². The van der Waals surface area contributed by atoms with E-state index >= 15 is 0 Å². The third kappa shape index (κ3) is 2.73. The van der Waals surface area contributed by atoms with E-state index in [9.17, 15) is 19.7 Å². The number of ether oxygens (including phenoxy) is 1. The molecule has 0 unspecified atom stereocenters. The molecule has 0 aliphatic rings. The van der Waals surface area contributed by atoms with Gasteiger partial charge in [-0.2, -0.15) is 0 Å². The van der Waals surface area contributed by atoms with Crippen molar-refractivity contribution in [3.05, 3.63) is 33.4 Å². The first-order valence-electron chi connectivity index (χ1n) is 4.67. The van der Waals surface area contributed by atoms with Crippen LogP contribution in [0.15, 0.2) is 12.1 Å². The van der Waals surface area contributed by atoms with Crippen molar-refractivity contribution in [3.8, 4) is 5.75 Å². The molecule has 0 fully saturated rings. The lowest BCUT2D eigenvalue weighted by Crippen LogP contribution is -2.09. The minimum atomic E-state index is -1.38. The van der Waals surface area contributed by atoms with E-state index < -0.39 is 29.0 Å². The molecule has 0 aromatic heterocycles. The molecule has 0 saturated heterocycles. The van der Waals surface area contributed by atoms with Gasteiger partial charge in [0.05, 0.1) is 24.0 Å². The summed E-state index contributed by atoms with van der Waals surface area (Å²) in [5.41, 5.74) is -0.957. The zero-order valence-electron chi connectivity index (χ0n) is 9.24. The molecule has 18 heavy (non-hydrogen) atoms. The lowest BCUT2D eigenvalue weighted by molar-refractivity contribution is -0.385. The van der Waals surface area contributed by atoms with Crippen molar-refractivity contribution in [1.29, 1.82) is 0 Å². The lowest BCUT2D eigenvalue weighted by Gasteiger charge is -2.07. The number of benzene rings is 1. The molecular formula is C10H9NO7. The fraction of sp³-hybridized carbons (Fsp3) is 0.200. The zero-order valence-corrected chi connectivity index (χ0v) is 9.24. The maximum Gasteiger partial charge on any atom is 0.336 e. The van der Waals surface area contributed by atoms with Crippen LogP contribution in [0.2, 0.25) is 0 Å². The average molecular weight is 255 g/mol. The van der Waals surface area contributed by atoms with Gasteiger partial charge in [0, 0.05) is 12.1 Å². The van der Waals surface area contributed by atoms with Crippen LogP contribution in [0.5, 0.6) is 5.75 Å². The van der Waals surface area contributed by atoms with Crippen molar-refractivity contribution in [3.63, 3.8) is 0 Å². The first-order chi connectivity index (χ1) is 8.36. The van der Waals surface area contributed by atoms with Crippen LogP contribution in [0.25, 0.3) is 0 Å². The maximum atomic E-state index is 10.9. The van der Waals surface area contributed by atoms with E-state index in [0.717, 1.165) is 19.2 Å². The number of carboxylic acid groups (broad SMARTS) is 2. The average Bonchev–Trinajstić information content (AvgIpc) is 2.27. The number of nitrogens with zero attached hydrogens (tertiary/aromatic N) is 1. The van der Waals surface area contributed by atoms with E-state index in [1.807, 2.05) is 0 Å². The number of methoxy groups -OCH3 is 1. The summed E-state index contributed by atoms with van der Waals surface area (Å²) in [5, 5.41) is 28.3. The van der Waals surface area contributed by atoms with Crippen LogP contribution in [0.4, 0.5) is 5.69 Å². The van der Waals surface area contributed by atoms with Gasteiger partial charge in [-0.3, -0.25) is 14.9 Å². The Morgan fingerprint density at radius 2 is 2.00 bits per heavy atom. The number of hydrogen-bond donors (Lipinski definition) is 2. The van der Waals surface area contributed by atoms with Gasteiger partial charge in [-0.05, 0) is 5.56 Å². The van der Waals surface area contributed by atoms with Crippen molar-refractivity contribution >= 4 is 17.6 Å². The standard InChI is InChI=1S/C10H9NO7/c1-18-8-4-6(10(14)15)5(3-9(12)13)2-7(8)11(16)17/h2,4H,3H2,1H3,(H,12,13)(H,14,15). The summed E-state index contributed by atoms with van der Waals surface area (Å²) in [4.78, 5) is 31.5. The minimum absolute atomic E-state index is 0.150. The second-order valence-electron chi connectivity index (χ2n) is 3.31. The molecule has 0 heterocycles. The first kappa shape index (κ1) is 13.4. The van der Waals surface area contributed by atoms with Crippen LogP contribution in [0.3, 0.4) is 0 Å². The Morgan fingerprint density at radius 1 is 1.39 bits per heavy atom. The summed E-state index contributed by atoms with van der Waals surface area (Å²) in [6, 6.07) is 1.84. The molecule has 0 aliphatic heterocycles. The van der Waals surface area contributed by atoms with Crippen LogP contribution in [-0.2, 0) is 11.2 Å². The number of aliphatic carboxylic acids is 1. The van der Waals surface area contributed by atoms with Gasteiger partial charge in [-0.1, -0.05) is 0 Å². The Balaban J connectivity index is 3.46. The highest BCUT2D eigenvalue weighted by molar-refractivity contribution is 5.92. The van der Waals surface area contributed by atoms with Gasteiger partial charge in [0.2, 0.25) is 0 Å². The molecule has 1 aromatic carbocycles. The normalized spacial score (nSPS) is 9.83. The van der Waals surface area contributed by atoms with E-state index in [1.54, 1.807) is 0 Å². The molecule has 0 bridgehead atoms. The Hall–Kier alpha value is -2.64. The van der Waals surface area contributed by atoms with Crippen molar-refractivity contribution in [1.82, 2.24) is 0 Å². The van der Waals surface area contributed by atoms with E-state index in [-0.39, 0.29) is 16.9 Å². The van der Waals surface area contributed by atoms with Crippen LogP contribution in [-0.4, -0.2) is 34.2 Å². The molecule has 0 saturated carbocycles. The number of carboxylic acids is 2. The molecule has 1 rings (SSSR count). The molecule has 0 amide bonds. The van der Waals surface area contributed by atoms with Gasteiger partial charge in [-0.15, -0.1) is 0 Å². The number of rotatable bonds is 5. The van der Waals surface area contributed by atoms with E-state index in [1.165, 1.54) is 0 Å². The predicted octanol–water partition coefficient (Wildman–Crippen LogP) is 0.929. The molecule has 2 N–H and O–H groups in total. The Morgan fingerprint density at radius 3 is 2.39 bits per heavy atom. The first-order valence-corrected chi connectivity index (χ1v) is 4.67. The SMILES string of the molecule is COc1cc(C(=O)O)c(CC(=O)O)cc1[N+](=O)[O-]. The lowest BCUT2D eigenvalue weighted by atomic mass is 10.0. The van der Waals surface area contributed by atoms with Gasteiger partial charge >= 0.3 is 17.6 Å². The highest BCUT2D eigenvalue weighted by atomic mass is 16.6. The van der Waals surface area contributed by atoms with E-state index in [2.05, 4.69) is 0 Å². The van der Waals surface area contributed by atoms with Gasteiger partial charge in [0.25, 0.3) is 0 Å². The van der Waals surface area contributed by atoms with Crippen LogP contribution in [0.1, 0.15) is 15.9 Å². The predicted molar refractivity (Wildman–Crippen MR) is 57.9 cm³/mol. The monoisotopic (exact) mass is 255 g/mol. The Bertz CT molecular complexity index is 523. The van der Waals surface area contributed by atoms with Crippen LogP contribution >= 0.6 is 0 Å². The number of nitro benzene ring substituents is 1. The van der Waals surface area contributed by atoms with E-state index in [4.69, 9.17) is 14.9 Å². The summed E-state index contributed by atoms with van der Waals surface area (Å²) in [6.45, 7) is 0. The van der Waals surface area contributed by atoms with Crippen molar-refractivity contribution in [2.24, 2.45) is 0 Å². The maximum absolute atomic E-state index is 10.9. The summed E-state index contributed by atoms with van der Waals surface area (Å²) < 4.78 is 4.71. The van der Waals surface area contributed by atoms with Crippen molar-refractivity contribution < 1.29 is 29.5 Å². The molecule has 1 aromatic rings. The van der Waals surface area contributed by atoms with Gasteiger partial charge in [-0.25, -0.2) is 4.79 Å². The largest absolute Gasteiger partial charge is 0.490 e. The summed E-state index contributed by atoms with van der Waals surface area (Å²) in [7, 11) is 1.16. The summed E-state index contributed by atoms with van der Waals surface area (Å²) in [5.74, 6) is -2.89. The molecule has 96 valence electrons. The van der Waals surface area contributed by atoms with Crippen LogP contribution < -0.4 is 4.74 Å². The fourth-order valence-corrected chi connectivity index (χ4v) is 1.43. The quantitative estimate of drug-likeness (QED) is 0.591. The zero-order chi connectivity index (χ0) is 13.9. The van der Waals surface area contributed by atoms with Crippen LogP contribution in [0, 0.1) is 10.1 Å². The van der Waals surface area contributed by atoms with Crippen molar-refractivity contribution in [2.75, 3.05) is 7.11 Å². The molecule has 8 nitrogen and oxygen atoms in total. The van der Waals surface area contributed by atoms with E-state index in [0.29, 0.717) is 0 Å². The van der Waals surface area contributed by atoms with Crippen molar-refractivity contribution in [2.45, 2.75) is 6.42 Å². The minimum Gasteiger partial charge on any atom is -0.490 e. The number of hydrogen-bond acceptors (Lipinski definition) is 5. The second-order valence-corrected chi connectivity index (χ2v) is 3.31. The third-order valence-electron chi connectivity index (χ3n) is 2.17. The molecule has 0 spiro atoms. The number of carbonyl (C=O) groups is 2. The van der Waals surface area contributed by atoms with Gasteiger partial charge < -0.3 is 14.9 Å². The molecule has 8 heteroatoms. The van der Waals surface area contributed by atoms with Gasteiger partial charge in [0.1, 0.15) is 0 Å². The molecule has 0 aliphatic carbocycles. The molecular weight excluding hydrogens is 246 g/mol. The smallest absolute Gasteiger partial charge is 0.336 e. The Kier molecular flexibility index (Phi) is 3.82. The highest BCUT2D eigenvalue weighted by Gasteiger charge is 2.23. The summed E-state index contributed by atoms with van der Waals surface area (Å²) in [6.07, 6.45) is -0.619. The third-order valence-corrected chi connectivity index (χ3v) is 2.17. The fourth-order valence-electron chi connectivity index (χ4n) is 1.43. The summed E-state index contributed by atoms with van der Waals surface area (Å²) >= 11 is 0.